The second-order valence-corrected chi connectivity index (χ2v) is 7.05. The molecule has 6 heteroatoms. The van der Waals surface area contributed by atoms with Gasteiger partial charge in [0.1, 0.15) is 17.5 Å². The zero-order valence-corrected chi connectivity index (χ0v) is 16.2. The number of hydrogen-bond acceptors (Lipinski definition) is 5. The van der Waals surface area contributed by atoms with E-state index in [-0.39, 0.29) is 25.1 Å². The zero-order valence-electron chi connectivity index (χ0n) is 15.4. The highest BCUT2D eigenvalue weighted by molar-refractivity contribution is 5.85. The third kappa shape index (κ3) is 5.59. The molecule has 3 rings (SSSR count). The van der Waals surface area contributed by atoms with Gasteiger partial charge in [-0.2, -0.15) is 0 Å². The van der Waals surface area contributed by atoms with Gasteiger partial charge in [0.25, 0.3) is 0 Å². The summed E-state index contributed by atoms with van der Waals surface area (Å²) in [6, 6.07) is 17.2. The van der Waals surface area contributed by atoms with Crippen molar-refractivity contribution in [3.63, 3.8) is 0 Å². The lowest BCUT2D eigenvalue weighted by Crippen LogP contribution is -2.63. The summed E-state index contributed by atoms with van der Waals surface area (Å²) in [5.41, 5.74) is 6.55. The molecule has 0 aliphatic carbocycles. The summed E-state index contributed by atoms with van der Waals surface area (Å²) in [5, 5.41) is 24.2. The van der Waals surface area contributed by atoms with Crippen LogP contribution in [0.2, 0.25) is 0 Å². The highest BCUT2D eigenvalue weighted by atomic mass is 35.5. The molecule has 1 aliphatic rings. The normalized spacial score (nSPS) is 24.8. The Morgan fingerprint density at radius 3 is 2.48 bits per heavy atom. The Kier molecular flexibility index (Phi) is 7.92. The second kappa shape index (κ2) is 9.95. The van der Waals surface area contributed by atoms with E-state index in [4.69, 9.17) is 10.5 Å². The maximum atomic E-state index is 11.5. The molecule has 0 radical (unpaired) electrons. The third-order valence-electron chi connectivity index (χ3n) is 5.03. The van der Waals surface area contributed by atoms with Gasteiger partial charge >= 0.3 is 0 Å². The minimum absolute atomic E-state index is 0. The summed E-state index contributed by atoms with van der Waals surface area (Å²) in [6.07, 6.45) is 2.14. The van der Waals surface area contributed by atoms with Gasteiger partial charge in [-0.25, -0.2) is 0 Å². The molecule has 1 fully saturated rings. The first-order valence-electron chi connectivity index (χ1n) is 9.23. The quantitative estimate of drug-likeness (QED) is 0.544. The number of aliphatic hydroxyl groups excluding tert-OH is 1. The molecule has 148 valence electrons. The summed E-state index contributed by atoms with van der Waals surface area (Å²) in [5.74, 6) is 0.688. The van der Waals surface area contributed by atoms with Gasteiger partial charge in [0.15, 0.2) is 0 Å². The van der Waals surface area contributed by atoms with Crippen molar-refractivity contribution in [2.75, 3.05) is 18.9 Å². The number of piperidine rings is 1. The molecule has 2 aromatic rings. The minimum Gasteiger partial charge on any atom is -0.486 e. The Hall–Kier alpha value is -1.79. The second-order valence-electron chi connectivity index (χ2n) is 7.05. The number of rotatable bonds is 7. The van der Waals surface area contributed by atoms with Crippen molar-refractivity contribution in [2.24, 2.45) is 0 Å². The molecule has 0 bridgehead atoms. The molecular weight excluding hydrogens is 364 g/mol. The fraction of sp³-hybridized carbons (Fsp3) is 0.429. The summed E-state index contributed by atoms with van der Waals surface area (Å²) < 4.78 is 6.26. The lowest BCUT2D eigenvalue weighted by molar-refractivity contribution is -0.0998. The van der Waals surface area contributed by atoms with Crippen molar-refractivity contribution in [1.29, 1.82) is 0 Å². The van der Waals surface area contributed by atoms with Crippen molar-refractivity contribution in [3.8, 4) is 5.75 Å². The van der Waals surface area contributed by atoms with Crippen molar-refractivity contribution in [3.05, 3.63) is 60.2 Å². The standard InChI is InChI=1S/C21H28N2O3.ClH/c22-17-8-10-18(11-9-17)26-20-19(7-4-14-24)23-13-12-21(20,25)15-16-5-2-1-3-6-16;/h1-3,5-6,8-11,19-20,23-25H,4,7,12-15,22H2;1H. The van der Waals surface area contributed by atoms with E-state index in [1.165, 1.54) is 0 Å². The number of nitrogens with two attached hydrogens (primary N) is 1. The molecule has 1 saturated heterocycles. The summed E-state index contributed by atoms with van der Waals surface area (Å²) in [7, 11) is 0. The van der Waals surface area contributed by atoms with Gasteiger partial charge in [-0.3, -0.25) is 0 Å². The number of halogens is 1. The van der Waals surface area contributed by atoms with Crippen molar-refractivity contribution in [1.82, 2.24) is 5.32 Å². The Morgan fingerprint density at radius 1 is 1.11 bits per heavy atom. The average Bonchev–Trinajstić information content (AvgIpc) is 2.65. The predicted molar refractivity (Wildman–Crippen MR) is 110 cm³/mol. The van der Waals surface area contributed by atoms with E-state index in [1.807, 2.05) is 42.5 Å². The van der Waals surface area contributed by atoms with Crippen LogP contribution in [0.4, 0.5) is 5.69 Å². The number of benzene rings is 2. The number of nitrogens with one attached hydrogen (secondary N) is 1. The van der Waals surface area contributed by atoms with E-state index in [0.717, 1.165) is 18.5 Å². The molecule has 2 aromatic carbocycles. The fourth-order valence-corrected chi connectivity index (χ4v) is 3.69. The summed E-state index contributed by atoms with van der Waals surface area (Å²) in [4.78, 5) is 0. The molecule has 0 aromatic heterocycles. The van der Waals surface area contributed by atoms with Gasteiger partial charge < -0.3 is 26.0 Å². The molecule has 5 nitrogen and oxygen atoms in total. The van der Waals surface area contributed by atoms with Crippen molar-refractivity contribution >= 4 is 18.1 Å². The highest BCUT2D eigenvalue weighted by Crippen LogP contribution is 2.32. The zero-order chi connectivity index (χ0) is 18.4. The highest BCUT2D eigenvalue weighted by Gasteiger charge is 2.46. The molecule has 0 spiro atoms. The molecule has 1 heterocycles. The van der Waals surface area contributed by atoms with Crippen molar-refractivity contribution in [2.45, 2.75) is 43.4 Å². The maximum absolute atomic E-state index is 11.5. The van der Waals surface area contributed by atoms with Crippen LogP contribution in [-0.4, -0.2) is 41.1 Å². The first-order chi connectivity index (χ1) is 12.6. The first-order valence-corrected chi connectivity index (χ1v) is 9.23. The van der Waals surface area contributed by atoms with Gasteiger partial charge in [0, 0.05) is 24.8 Å². The lowest BCUT2D eigenvalue weighted by atomic mass is 9.78. The molecule has 3 atom stereocenters. The molecule has 3 unspecified atom stereocenters. The maximum Gasteiger partial charge on any atom is 0.143 e. The van der Waals surface area contributed by atoms with Gasteiger partial charge in [-0.15, -0.1) is 12.4 Å². The van der Waals surface area contributed by atoms with Crippen LogP contribution in [0, 0.1) is 0 Å². The van der Waals surface area contributed by atoms with E-state index in [9.17, 15) is 10.2 Å². The molecule has 5 N–H and O–H groups in total. The van der Waals surface area contributed by atoms with Crippen LogP contribution in [0.3, 0.4) is 0 Å². The molecule has 27 heavy (non-hydrogen) atoms. The van der Waals surface area contributed by atoms with Gasteiger partial charge in [-0.05, 0) is 55.6 Å². The van der Waals surface area contributed by atoms with E-state index in [2.05, 4.69) is 5.32 Å². The van der Waals surface area contributed by atoms with Gasteiger partial charge in [-0.1, -0.05) is 30.3 Å². The largest absolute Gasteiger partial charge is 0.486 e. The monoisotopic (exact) mass is 392 g/mol. The van der Waals surface area contributed by atoms with Gasteiger partial charge in [0.2, 0.25) is 0 Å². The first kappa shape index (κ1) is 21.5. The van der Waals surface area contributed by atoms with Crippen LogP contribution in [0.1, 0.15) is 24.8 Å². The SMILES string of the molecule is Cl.Nc1ccc(OC2C(CCCO)NCCC2(O)Cc2ccccc2)cc1. The Bertz CT molecular complexity index is 684. The molecular formula is C21H29ClN2O3. The van der Waals surface area contributed by atoms with Crippen LogP contribution in [-0.2, 0) is 6.42 Å². The molecule has 1 aliphatic heterocycles. The third-order valence-corrected chi connectivity index (χ3v) is 5.03. The Labute approximate surface area is 167 Å². The smallest absolute Gasteiger partial charge is 0.143 e. The number of aliphatic hydroxyl groups is 2. The minimum atomic E-state index is -0.978. The van der Waals surface area contributed by atoms with E-state index in [0.29, 0.717) is 30.7 Å². The summed E-state index contributed by atoms with van der Waals surface area (Å²) in [6.45, 7) is 0.852. The number of ether oxygens (including phenoxy) is 1. The van der Waals surface area contributed by atoms with E-state index in [1.54, 1.807) is 12.1 Å². The van der Waals surface area contributed by atoms with E-state index >= 15 is 0 Å². The van der Waals surface area contributed by atoms with Crippen LogP contribution >= 0.6 is 12.4 Å². The van der Waals surface area contributed by atoms with Crippen LogP contribution < -0.4 is 15.8 Å². The van der Waals surface area contributed by atoms with Gasteiger partial charge in [0.05, 0.1) is 0 Å². The molecule has 0 amide bonds. The van der Waals surface area contributed by atoms with Crippen LogP contribution in [0.15, 0.2) is 54.6 Å². The molecule has 0 saturated carbocycles. The Balaban J connectivity index is 0.00000261. The number of nitrogen functional groups attached to an aromatic ring is 1. The van der Waals surface area contributed by atoms with Crippen LogP contribution in [0.25, 0.3) is 0 Å². The van der Waals surface area contributed by atoms with Crippen molar-refractivity contribution < 1.29 is 14.9 Å². The summed E-state index contributed by atoms with van der Waals surface area (Å²) >= 11 is 0. The lowest BCUT2D eigenvalue weighted by Gasteiger charge is -2.45. The van der Waals surface area contributed by atoms with E-state index < -0.39 is 11.7 Å². The number of hydrogen-bond donors (Lipinski definition) is 4. The Morgan fingerprint density at radius 2 is 1.81 bits per heavy atom. The fourth-order valence-electron chi connectivity index (χ4n) is 3.69. The number of anilines is 1. The predicted octanol–water partition coefficient (Wildman–Crippen LogP) is 2.55. The average molecular weight is 393 g/mol. The topological polar surface area (TPSA) is 87.7 Å². The van der Waals surface area contributed by atoms with Crippen LogP contribution in [0.5, 0.6) is 5.75 Å².